The lowest BCUT2D eigenvalue weighted by atomic mass is 10.2. The van der Waals surface area contributed by atoms with Crippen LogP contribution < -0.4 is 14.8 Å². The Balaban J connectivity index is 1.45. The molecule has 138 valence electrons. The maximum atomic E-state index is 12.3. The van der Waals surface area contributed by atoms with E-state index in [0.717, 1.165) is 18.7 Å². The minimum atomic E-state index is -3.38. The summed E-state index contributed by atoms with van der Waals surface area (Å²) in [4.78, 5) is 14.1. The average Bonchev–Trinajstić information content (AvgIpc) is 3.06. The first-order valence-corrected chi connectivity index (χ1v) is 9.86. The molecule has 2 aliphatic heterocycles. The molecule has 1 aromatic carbocycles. The summed E-state index contributed by atoms with van der Waals surface area (Å²) < 4.78 is 36.6. The molecular weight excluding hydrogens is 346 g/mol. The Morgan fingerprint density at radius 2 is 1.88 bits per heavy atom. The van der Waals surface area contributed by atoms with Gasteiger partial charge in [-0.1, -0.05) is 6.07 Å². The maximum absolute atomic E-state index is 12.3. The summed E-state index contributed by atoms with van der Waals surface area (Å²) in [6.45, 7) is 2.93. The van der Waals surface area contributed by atoms with Crippen LogP contribution in [-0.4, -0.2) is 69.3 Å². The minimum absolute atomic E-state index is 0.0424. The highest BCUT2D eigenvalue weighted by molar-refractivity contribution is 7.89. The van der Waals surface area contributed by atoms with Gasteiger partial charge < -0.3 is 19.7 Å². The monoisotopic (exact) mass is 369 g/mol. The molecule has 0 saturated carbocycles. The second-order valence-corrected chi connectivity index (χ2v) is 8.32. The normalized spacial score (nSPS) is 18.3. The van der Waals surface area contributed by atoms with E-state index in [4.69, 9.17) is 9.47 Å². The zero-order valence-electron chi connectivity index (χ0n) is 14.2. The van der Waals surface area contributed by atoms with Gasteiger partial charge >= 0.3 is 0 Å². The van der Waals surface area contributed by atoms with Gasteiger partial charge in [0.15, 0.2) is 11.5 Å². The standard InChI is InChI=1S/C16H23N3O5S/c1-18-5-7-19(8-6-18)25(21,22)9-4-16(20)17-11-13-2-3-14-15(10-13)24-12-23-14/h2-3,10H,4-9,11-12H2,1H3,(H,17,20). The Morgan fingerprint density at radius 1 is 1.16 bits per heavy atom. The molecule has 0 aliphatic carbocycles. The third-order valence-electron chi connectivity index (χ3n) is 4.37. The van der Waals surface area contributed by atoms with E-state index in [-0.39, 0.29) is 24.9 Å². The first-order chi connectivity index (χ1) is 11.9. The first-order valence-electron chi connectivity index (χ1n) is 8.26. The molecule has 0 unspecified atom stereocenters. The minimum Gasteiger partial charge on any atom is -0.454 e. The summed E-state index contributed by atoms with van der Waals surface area (Å²) in [5.41, 5.74) is 0.875. The van der Waals surface area contributed by atoms with Crippen LogP contribution in [0.3, 0.4) is 0 Å². The number of hydrogen-bond acceptors (Lipinski definition) is 6. The quantitative estimate of drug-likeness (QED) is 0.759. The van der Waals surface area contributed by atoms with Crippen LogP contribution in [0.1, 0.15) is 12.0 Å². The summed E-state index contributed by atoms with van der Waals surface area (Å²) in [5.74, 6) is 0.900. The van der Waals surface area contributed by atoms with Crippen molar-refractivity contribution in [3.63, 3.8) is 0 Å². The van der Waals surface area contributed by atoms with Gasteiger partial charge in [-0.05, 0) is 24.7 Å². The zero-order chi connectivity index (χ0) is 17.9. The van der Waals surface area contributed by atoms with Gasteiger partial charge in [-0.2, -0.15) is 4.31 Å². The van der Waals surface area contributed by atoms with E-state index in [2.05, 4.69) is 10.2 Å². The van der Waals surface area contributed by atoms with Crippen molar-refractivity contribution in [1.29, 1.82) is 0 Å². The van der Waals surface area contributed by atoms with Crippen molar-refractivity contribution in [2.24, 2.45) is 0 Å². The lowest BCUT2D eigenvalue weighted by Gasteiger charge is -2.31. The number of amides is 1. The van der Waals surface area contributed by atoms with Crippen LogP contribution in [0.25, 0.3) is 0 Å². The summed E-state index contributed by atoms with van der Waals surface area (Å²) >= 11 is 0. The molecule has 0 bridgehead atoms. The summed E-state index contributed by atoms with van der Waals surface area (Å²) in [6.07, 6.45) is -0.0424. The molecule has 9 heteroatoms. The molecule has 1 saturated heterocycles. The SMILES string of the molecule is CN1CCN(S(=O)(=O)CCC(=O)NCc2ccc3c(c2)OCO3)CC1. The molecule has 1 amide bonds. The molecule has 2 heterocycles. The van der Waals surface area contributed by atoms with E-state index >= 15 is 0 Å². The number of carbonyl (C=O) groups excluding carboxylic acids is 1. The second-order valence-electron chi connectivity index (χ2n) is 6.23. The molecule has 1 aromatic rings. The fourth-order valence-electron chi connectivity index (χ4n) is 2.76. The van der Waals surface area contributed by atoms with Gasteiger partial charge in [-0.15, -0.1) is 0 Å². The van der Waals surface area contributed by atoms with Crippen LogP contribution >= 0.6 is 0 Å². The third-order valence-corrected chi connectivity index (χ3v) is 6.24. The average molecular weight is 369 g/mol. The molecule has 1 fully saturated rings. The molecule has 1 N–H and O–H groups in total. The molecule has 0 spiro atoms. The van der Waals surface area contributed by atoms with E-state index in [1.54, 1.807) is 6.07 Å². The van der Waals surface area contributed by atoms with E-state index in [1.807, 2.05) is 19.2 Å². The Bertz CT molecular complexity index is 729. The lowest BCUT2D eigenvalue weighted by Crippen LogP contribution is -2.48. The Kier molecular flexibility index (Phi) is 5.45. The van der Waals surface area contributed by atoms with Gasteiger partial charge in [-0.25, -0.2) is 8.42 Å². The van der Waals surface area contributed by atoms with Gasteiger partial charge in [0.2, 0.25) is 22.7 Å². The van der Waals surface area contributed by atoms with Crippen LogP contribution in [0, 0.1) is 0 Å². The molecular formula is C16H23N3O5S. The van der Waals surface area contributed by atoms with E-state index in [9.17, 15) is 13.2 Å². The number of hydrogen-bond donors (Lipinski definition) is 1. The van der Waals surface area contributed by atoms with Gasteiger partial charge in [0, 0.05) is 39.1 Å². The van der Waals surface area contributed by atoms with Crippen LogP contribution in [-0.2, 0) is 21.4 Å². The number of piperazine rings is 1. The molecule has 25 heavy (non-hydrogen) atoms. The van der Waals surface area contributed by atoms with E-state index in [0.29, 0.717) is 31.1 Å². The van der Waals surface area contributed by atoms with Gasteiger partial charge in [0.25, 0.3) is 0 Å². The number of benzene rings is 1. The van der Waals surface area contributed by atoms with Crippen molar-refractivity contribution in [1.82, 2.24) is 14.5 Å². The molecule has 0 aromatic heterocycles. The van der Waals surface area contributed by atoms with Crippen LogP contribution in [0.15, 0.2) is 18.2 Å². The number of likely N-dealkylation sites (N-methyl/N-ethyl adjacent to an activating group) is 1. The predicted molar refractivity (Wildman–Crippen MR) is 91.9 cm³/mol. The number of ether oxygens (including phenoxy) is 2. The van der Waals surface area contributed by atoms with Crippen molar-refractivity contribution in [3.8, 4) is 11.5 Å². The molecule has 0 radical (unpaired) electrons. The van der Waals surface area contributed by atoms with Crippen LogP contribution in [0.5, 0.6) is 11.5 Å². The molecule has 0 atom stereocenters. The van der Waals surface area contributed by atoms with Crippen LogP contribution in [0.4, 0.5) is 0 Å². The number of fused-ring (bicyclic) bond motifs is 1. The summed E-state index contributed by atoms with van der Waals surface area (Å²) in [5, 5.41) is 2.75. The highest BCUT2D eigenvalue weighted by Gasteiger charge is 2.26. The number of sulfonamides is 1. The third kappa shape index (κ3) is 4.62. The van der Waals surface area contributed by atoms with E-state index in [1.165, 1.54) is 4.31 Å². The fraction of sp³-hybridized carbons (Fsp3) is 0.562. The van der Waals surface area contributed by atoms with Gasteiger partial charge in [0.05, 0.1) is 5.75 Å². The predicted octanol–water partition coefficient (Wildman–Crippen LogP) is -0.00120. The summed E-state index contributed by atoms with van der Waals surface area (Å²) in [6, 6.07) is 5.44. The van der Waals surface area contributed by atoms with Crippen molar-refractivity contribution < 1.29 is 22.7 Å². The fourth-order valence-corrected chi connectivity index (χ4v) is 4.18. The Labute approximate surface area is 147 Å². The molecule has 3 rings (SSSR count). The number of nitrogens with zero attached hydrogens (tertiary/aromatic N) is 2. The molecule has 8 nitrogen and oxygen atoms in total. The zero-order valence-corrected chi connectivity index (χ0v) is 15.0. The van der Waals surface area contributed by atoms with E-state index < -0.39 is 10.0 Å². The molecule has 2 aliphatic rings. The Hall–Kier alpha value is -1.84. The van der Waals surface area contributed by atoms with Crippen molar-refractivity contribution in [3.05, 3.63) is 23.8 Å². The number of rotatable bonds is 6. The smallest absolute Gasteiger partial charge is 0.231 e. The largest absolute Gasteiger partial charge is 0.454 e. The topological polar surface area (TPSA) is 88.2 Å². The van der Waals surface area contributed by atoms with Crippen LogP contribution in [0.2, 0.25) is 0 Å². The lowest BCUT2D eigenvalue weighted by molar-refractivity contribution is -0.120. The van der Waals surface area contributed by atoms with Crippen molar-refractivity contribution in [2.45, 2.75) is 13.0 Å². The Morgan fingerprint density at radius 3 is 2.64 bits per heavy atom. The second kappa shape index (κ2) is 7.59. The number of nitrogens with one attached hydrogen (secondary N) is 1. The van der Waals surface area contributed by atoms with Crippen molar-refractivity contribution >= 4 is 15.9 Å². The maximum Gasteiger partial charge on any atom is 0.231 e. The highest BCUT2D eigenvalue weighted by Crippen LogP contribution is 2.32. The number of carbonyl (C=O) groups is 1. The van der Waals surface area contributed by atoms with Gasteiger partial charge in [-0.3, -0.25) is 4.79 Å². The summed E-state index contributed by atoms with van der Waals surface area (Å²) in [7, 11) is -1.42. The van der Waals surface area contributed by atoms with Gasteiger partial charge in [0.1, 0.15) is 0 Å². The first kappa shape index (κ1) is 18.0. The highest BCUT2D eigenvalue weighted by atomic mass is 32.2. The van der Waals surface area contributed by atoms with Crippen molar-refractivity contribution in [2.75, 3.05) is 45.8 Å².